The van der Waals surface area contributed by atoms with Crippen LogP contribution in [0.1, 0.15) is 24.8 Å². The Labute approximate surface area is 124 Å². The van der Waals surface area contributed by atoms with E-state index < -0.39 is 0 Å². The van der Waals surface area contributed by atoms with Crippen LogP contribution in [-0.2, 0) is 11.3 Å². The Morgan fingerprint density at radius 3 is 2.90 bits per heavy atom. The van der Waals surface area contributed by atoms with Gasteiger partial charge in [-0.2, -0.15) is 0 Å². The molecule has 0 unspecified atom stereocenters. The first-order valence-electron chi connectivity index (χ1n) is 7.02. The van der Waals surface area contributed by atoms with E-state index >= 15 is 0 Å². The van der Waals surface area contributed by atoms with Crippen LogP contribution in [0.15, 0.2) is 30.5 Å². The summed E-state index contributed by atoms with van der Waals surface area (Å²) in [5.74, 6) is 0. The van der Waals surface area contributed by atoms with Crippen molar-refractivity contribution in [3.05, 3.63) is 41.0 Å². The number of pyridine rings is 1. The number of benzene rings is 1. The van der Waals surface area contributed by atoms with Crippen LogP contribution < -0.4 is 5.32 Å². The van der Waals surface area contributed by atoms with Crippen molar-refractivity contribution in [3.63, 3.8) is 0 Å². The number of rotatable bonds is 5. The monoisotopic (exact) mass is 290 g/mol. The molecule has 1 saturated carbocycles. The summed E-state index contributed by atoms with van der Waals surface area (Å²) in [7, 11) is 1.81. The second kappa shape index (κ2) is 5.68. The van der Waals surface area contributed by atoms with Crippen LogP contribution in [0.5, 0.6) is 0 Å². The Kier molecular flexibility index (Phi) is 3.92. The Morgan fingerprint density at radius 1 is 1.35 bits per heavy atom. The summed E-state index contributed by atoms with van der Waals surface area (Å²) < 4.78 is 5.62. The molecule has 1 N–H and O–H groups in total. The van der Waals surface area contributed by atoms with Gasteiger partial charge in [-0.25, -0.2) is 0 Å². The normalized spacial score (nSPS) is 17.1. The van der Waals surface area contributed by atoms with E-state index in [-0.39, 0.29) is 5.60 Å². The van der Waals surface area contributed by atoms with Crippen molar-refractivity contribution in [2.45, 2.75) is 31.4 Å². The molecular formula is C16H19ClN2O. The smallest absolute Gasteiger partial charge is 0.0802 e. The Balaban J connectivity index is 1.73. The maximum atomic E-state index is 6.21. The Hall–Kier alpha value is -1.16. The summed E-state index contributed by atoms with van der Waals surface area (Å²) in [5, 5.41) is 5.27. The van der Waals surface area contributed by atoms with Crippen LogP contribution in [0.25, 0.3) is 10.9 Å². The van der Waals surface area contributed by atoms with Crippen LogP contribution >= 0.6 is 11.6 Å². The summed E-state index contributed by atoms with van der Waals surface area (Å²) >= 11 is 6.21. The van der Waals surface area contributed by atoms with E-state index in [9.17, 15) is 0 Å². The van der Waals surface area contributed by atoms with Crippen molar-refractivity contribution in [1.29, 1.82) is 0 Å². The van der Waals surface area contributed by atoms with E-state index in [1.165, 1.54) is 12.0 Å². The average molecular weight is 291 g/mol. The molecule has 0 spiro atoms. The zero-order valence-electron chi connectivity index (χ0n) is 11.7. The van der Waals surface area contributed by atoms with E-state index in [1.807, 2.05) is 30.5 Å². The van der Waals surface area contributed by atoms with Crippen molar-refractivity contribution < 1.29 is 4.74 Å². The Bertz CT molecular complexity index is 605. The lowest BCUT2D eigenvalue weighted by Gasteiger charge is -2.40. The van der Waals surface area contributed by atoms with Gasteiger partial charge in [-0.15, -0.1) is 0 Å². The molecule has 0 amide bonds. The third-order valence-corrected chi connectivity index (χ3v) is 4.59. The number of hydrogen-bond donors (Lipinski definition) is 1. The van der Waals surface area contributed by atoms with Gasteiger partial charge in [0.05, 0.1) is 11.1 Å². The highest BCUT2D eigenvalue weighted by Crippen LogP contribution is 2.34. The fourth-order valence-corrected chi connectivity index (χ4v) is 3.00. The zero-order chi connectivity index (χ0) is 14.0. The summed E-state index contributed by atoms with van der Waals surface area (Å²) in [6, 6.07) is 7.92. The van der Waals surface area contributed by atoms with Crippen molar-refractivity contribution >= 4 is 22.5 Å². The van der Waals surface area contributed by atoms with Crippen molar-refractivity contribution in [3.8, 4) is 0 Å². The van der Waals surface area contributed by atoms with Crippen LogP contribution in [-0.4, -0.2) is 24.2 Å². The number of fused-ring (bicyclic) bond motifs is 1. The molecule has 0 atom stereocenters. The van der Waals surface area contributed by atoms with Gasteiger partial charge in [0.2, 0.25) is 0 Å². The summed E-state index contributed by atoms with van der Waals surface area (Å²) in [6.45, 7) is 1.68. The molecule has 0 bridgehead atoms. The number of ether oxygens (including phenoxy) is 1. The molecule has 1 aromatic heterocycles. The molecule has 0 saturated heterocycles. The van der Waals surface area contributed by atoms with E-state index in [0.29, 0.717) is 0 Å². The molecule has 20 heavy (non-hydrogen) atoms. The average Bonchev–Trinajstić information content (AvgIpc) is 2.44. The van der Waals surface area contributed by atoms with Crippen LogP contribution in [0.2, 0.25) is 5.02 Å². The molecule has 2 aromatic rings. The predicted octanol–water partition coefficient (Wildman–Crippen LogP) is 3.55. The topological polar surface area (TPSA) is 34.1 Å². The van der Waals surface area contributed by atoms with E-state index in [0.717, 1.165) is 41.9 Å². The standard InChI is InChI=1S/C16H19ClN2O/c1-20-16(7-3-8-16)11-18-10-12-5-6-14(17)13-4-2-9-19-15(12)13/h2,4-6,9,18H,3,7-8,10-11H2,1H3. The molecule has 4 heteroatoms. The molecule has 3 nitrogen and oxygen atoms in total. The lowest BCUT2D eigenvalue weighted by molar-refractivity contribution is -0.0695. The van der Waals surface area contributed by atoms with Crippen LogP contribution in [0.4, 0.5) is 0 Å². The largest absolute Gasteiger partial charge is 0.377 e. The molecule has 1 aliphatic carbocycles. The van der Waals surface area contributed by atoms with Gasteiger partial charge in [0.15, 0.2) is 0 Å². The van der Waals surface area contributed by atoms with Crippen LogP contribution in [0.3, 0.4) is 0 Å². The minimum atomic E-state index is 0.0512. The second-order valence-electron chi connectivity index (χ2n) is 5.45. The van der Waals surface area contributed by atoms with Gasteiger partial charge in [-0.3, -0.25) is 4.98 Å². The van der Waals surface area contributed by atoms with Gasteiger partial charge in [0.1, 0.15) is 0 Å². The Morgan fingerprint density at radius 2 is 2.20 bits per heavy atom. The first kappa shape index (κ1) is 13.8. The summed E-state index contributed by atoms with van der Waals surface area (Å²) in [4.78, 5) is 4.46. The number of methoxy groups -OCH3 is 1. The molecule has 1 aliphatic rings. The first-order chi connectivity index (χ1) is 9.74. The fourth-order valence-electron chi connectivity index (χ4n) is 2.79. The summed E-state index contributed by atoms with van der Waals surface area (Å²) in [6.07, 6.45) is 5.37. The molecule has 3 rings (SSSR count). The maximum absolute atomic E-state index is 6.21. The van der Waals surface area contributed by atoms with Crippen molar-refractivity contribution in [2.24, 2.45) is 0 Å². The molecule has 0 aliphatic heterocycles. The molecule has 1 aromatic carbocycles. The first-order valence-corrected chi connectivity index (χ1v) is 7.40. The quantitative estimate of drug-likeness (QED) is 0.914. The van der Waals surface area contributed by atoms with Crippen LogP contribution in [0, 0.1) is 0 Å². The van der Waals surface area contributed by atoms with Gasteiger partial charge in [0.25, 0.3) is 0 Å². The summed E-state index contributed by atoms with van der Waals surface area (Å²) in [5.41, 5.74) is 2.21. The molecular weight excluding hydrogens is 272 g/mol. The molecule has 1 fully saturated rings. The molecule has 1 heterocycles. The number of nitrogens with zero attached hydrogens (tertiary/aromatic N) is 1. The lowest BCUT2D eigenvalue weighted by atomic mass is 9.80. The molecule has 106 valence electrons. The minimum Gasteiger partial charge on any atom is -0.377 e. The van der Waals surface area contributed by atoms with Gasteiger partial charge in [-0.1, -0.05) is 17.7 Å². The lowest BCUT2D eigenvalue weighted by Crippen LogP contribution is -2.47. The molecule has 0 radical (unpaired) electrons. The van der Waals surface area contributed by atoms with Gasteiger partial charge < -0.3 is 10.1 Å². The van der Waals surface area contributed by atoms with E-state index in [4.69, 9.17) is 16.3 Å². The minimum absolute atomic E-state index is 0.0512. The van der Waals surface area contributed by atoms with Crippen molar-refractivity contribution in [2.75, 3.05) is 13.7 Å². The maximum Gasteiger partial charge on any atom is 0.0802 e. The third-order valence-electron chi connectivity index (χ3n) is 4.26. The highest BCUT2D eigenvalue weighted by atomic mass is 35.5. The number of halogens is 1. The van der Waals surface area contributed by atoms with Gasteiger partial charge >= 0.3 is 0 Å². The van der Waals surface area contributed by atoms with E-state index in [2.05, 4.69) is 10.3 Å². The number of aromatic nitrogens is 1. The van der Waals surface area contributed by atoms with Gasteiger partial charge in [0, 0.05) is 36.8 Å². The van der Waals surface area contributed by atoms with Crippen molar-refractivity contribution in [1.82, 2.24) is 10.3 Å². The highest BCUT2D eigenvalue weighted by Gasteiger charge is 2.36. The predicted molar refractivity (Wildman–Crippen MR) is 82.1 cm³/mol. The van der Waals surface area contributed by atoms with E-state index in [1.54, 1.807) is 7.11 Å². The number of hydrogen-bond acceptors (Lipinski definition) is 3. The highest BCUT2D eigenvalue weighted by molar-refractivity contribution is 6.35. The number of nitrogens with one attached hydrogen (secondary N) is 1. The second-order valence-corrected chi connectivity index (χ2v) is 5.86. The fraction of sp³-hybridized carbons (Fsp3) is 0.438. The SMILES string of the molecule is COC1(CNCc2ccc(Cl)c3cccnc23)CCC1. The third kappa shape index (κ3) is 2.53. The van der Waals surface area contributed by atoms with Gasteiger partial charge in [-0.05, 0) is 43.0 Å². The zero-order valence-corrected chi connectivity index (χ0v) is 12.4.